The first-order valence-corrected chi connectivity index (χ1v) is 11.7. The van der Waals surface area contributed by atoms with Crippen LogP contribution in [0.4, 0.5) is 10.1 Å². The molecule has 0 unspecified atom stereocenters. The summed E-state index contributed by atoms with van der Waals surface area (Å²) >= 11 is 1.56. The molecule has 168 valence electrons. The van der Waals surface area contributed by atoms with Crippen LogP contribution in [0, 0.1) is 5.82 Å². The highest BCUT2D eigenvalue weighted by Crippen LogP contribution is 2.41. The van der Waals surface area contributed by atoms with E-state index in [1.807, 2.05) is 42.5 Å². The Morgan fingerprint density at radius 3 is 2.41 bits per heavy atom. The summed E-state index contributed by atoms with van der Waals surface area (Å²) in [5, 5.41) is 12.3. The quantitative estimate of drug-likeness (QED) is 0.326. The summed E-state index contributed by atoms with van der Waals surface area (Å²) in [6.45, 7) is 0.463. The van der Waals surface area contributed by atoms with Gasteiger partial charge < -0.3 is 10.4 Å². The van der Waals surface area contributed by atoms with Crippen LogP contribution in [0.2, 0.25) is 0 Å². The number of hydrogen-bond acceptors (Lipinski definition) is 4. The summed E-state index contributed by atoms with van der Waals surface area (Å²) in [6.07, 6.45) is 0.651. The number of carbonyl (C=O) groups excluding carboxylic acids is 1. The highest BCUT2D eigenvalue weighted by atomic mass is 32.2. The van der Waals surface area contributed by atoms with E-state index in [1.165, 1.54) is 6.07 Å². The van der Waals surface area contributed by atoms with Crippen molar-refractivity contribution in [2.45, 2.75) is 16.2 Å². The van der Waals surface area contributed by atoms with Gasteiger partial charge in [-0.1, -0.05) is 54.2 Å². The van der Waals surface area contributed by atoms with Gasteiger partial charge in [0.05, 0.1) is 11.4 Å². The number of halogens is 1. The van der Waals surface area contributed by atoms with Crippen LogP contribution in [0.5, 0.6) is 5.75 Å². The van der Waals surface area contributed by atoms with Crippen LogP contribution in [0.3, 0.4) is 0 Å². The van der Waals surface area contributed by atoms with Crippen molar-refractivity contribution in [3.05, 3.63) is 119 Å². The average Bonchev–Trinajstić information content (AvgIpc) is 3.02. The molecule has 6 heteroatoms. The third kappa shape index (κ3) is 4.58. The van der Waals surface area contributed by atoms with Crippen molar-refractivity contribution >= 4 is 29.1 Å². The molecule has 0 saturated carbocycles. The van der Waals surface area contributed by atoms with Crippen molar-refractivity contribution in [3.8, 4) is 5.75 Å². The van der Waals surface area contributed by atoms with E-state index >= 15 is 0 Å². The maximum Gasteiger partial charge on any atom is 0.251 e. The van der Waals surface area contributed by atoms with E-state index in [9.17, 15) is 14.3 Å². The van der Waals surface area contributed by atoms with Crippen molar-refractivity contribution < 1.29 is 14.3 Å². The fraction of sp³-hybridized carbons (Fsp3) is 0.0714. The fourth-order valence-electron chi connectivity index (χ4n) is 3.83. The molecular formula is C28H21FN2O2S. The van der Waals surface area contributed by atoms with Gasteiger partial charge in [0.1, 0.15) is 11.6 Å². The van der Waals surface area contributed by atoms with E-state index in [-0.39, 0.29) is 17.5 Å². The topological polar surface area (TPSA) is 61.7 Å². The zero-order valence-electron chi connectivity index (χ0n) is 18.2. The van der Waals surface area contributed by atoms with E-state index < -0.39 is 0 Å². The summed E-state index contributed by atoms with van der Waals surface area (Å²) in [7, 11) is 0. The Bertz CT molecular complexity index is 1400. The SMILES string of the molecule is O=C(NCCc1ccc(O)cc1)c1ccc2c(c1)N=C(c1ccccc1F)c1ccccc1S2. The molecule has 0 aromatic heterocycles. The lowest BCUT2D eigenvalue weighted by Crippen LogP contribution is -2.25. The Morgan fingerprint density at radius 2 is 1.62 bits per heavy atom. The highest BCUT2D eigenvalue weighted by molar-refractivity contribution is 7.99. The number of phenolic OH excluding ortho intramolecular Hbond substituents is 1. The van der Waals surface area contributed by atoms with Crippen LogP contribution < -0.4 is 5.32 Å². The van der Waals surface area contributed by atoms with Gasteiger partial charge in [0.15, 0.2) is 0 Å². The summed E-state index contributed by atoms with van der Waals surface area (Å²) in [5.74, 6) is -0.322. The van der Waals surface area contributed by atoms with Crippen molar-refractivity contribution in [2.24, 2.45) is 4.99 Å². The lowest BCUT2D eigenvalue weighted by atomic mass is 10.0. The van der Waals surface area contributed by atoms with Gasteiger partial charge in [0.2, 0.25) is 0 Å². The van der Waals surface area contributed by atoms with Crippen LogP contribution in [-0.2, 0) is 6.42 Å². The van der Waals surface area contributed by atoms with Crippen molar-refractivity contribution in [1.82, 2.24) is 5.32 Å². The standard InChI is InChI=1S/C28H21FN2O2S/c29-23-7-3-1-5-21(23)27-22-6-2-4-8-25(22)34-26-14-11-19(17-24(26)31-27)28(33)30-16-15-18-9-12-20(32)13-10-18/h1-14,17,32H,15-16H2,(H,30,33). The number of carbonyl (C=O) groups is 1. The van der Waals surface area contributed by atoms with E-state index in [4.69, 9.17) is 4.99 Å². The first-order chi connectivity index (χ1) is 16.6. The summed E-state index contributed by atoms with van der Waals surface area (Å²) in [6, 6.07) is 26.8. The maximum absolute atomic E-state index is 14.7. The molecule has 1 amide bonds. The Labute approximate surface area is 201 Å². The Balaban J connectivity index is 1.44. The lowest BCUT2D eigenvalue weighted by molar-refractivity contribution is 0.0954. The van der Waals surface area contributed by atoms with E-state index in [0.717, 1.165) is 20.9 Å². The molecular weight excluding hydrogens is 447 g/mol. The largest absolute Gasteiger partial charge is 0.508 e. The minimum Gasteiger partial charge on any atom is -0.508 e. The molecule has 0 bridgehead atoms. The Kier molecular flexibility index (Phi) is 6.14. The number of aliphatic imine (C=N–C) groups is 1. The number of aromatic hydroxyl groups is 1. The van der Waals surface area contributed by atoms with Crippen molar-refractivity contribution in [1.29, 1.82) is 0 Å². The molecule has 1 heterocycles. The first-order valence-electron chi connectivity index (χ1n) is 10.9. The normalized spacial score (nSPS) is 12.2. The summed E-state index contributed by atoms with van der Waals surface area (Å²) in [4.78, 5) is 19.5. The molecule has 2 N–H and O–H groups in total. The molecule has 1 aliphatic heterocycles. The average molecular weight is 469 g/mol. The molecule has 4 nitrogen and oxygen atoms in total. The van der Waals surface area contributed by atoms with Crippen LogP contribution >= 0.6 is 11.8 Å². The second-order valence-electron chi connectivity index (χ2n) is 7.89. The predicted molar refractivity (Wildman–Crippen MR) is 133 cm³/mol. The molecule has 0 radical (unpaired) electrons. The summed E-state index contributed by atoms with van der Waals surface area (Å²) in [5.41, 5.74) is 3.97. The highest BCUT2D eigenvalue weighted by Gasteiger charge is 2.21. The van der Waals surface area contributed by atoms with E-state index in [2.05, 4.69) is 5.32 Å². The molecule has 4 aromatic carbocycles. The number of nitrogens with one attached hydrogen (secondary N) is 1. The molecule has 34 heavy (non-hydrogen) atoms. The van der Waals surface area contributed by atoms with E-state index in [0.29, 0.717) is 35.5 Å². The zero-order valence-corrected chi connectivity index (χ0v) is 19.0. The maximum atomic E-state index is 14.7. The van der Waals surface area contributed by atoms with Crippen molar-refractivity contribution in [3.63, 3.8) is 0 Å². The van der Waals surface area contributed by atoms with Gasteiger partial charge in [-0.25, -0.2) is 9.38 Å². The Morgan fingerprint density at radius 1 is 0.882 bits per heavy atom. The Hall–Kier alpha value is -3.90. The van der Waals surface area contributed by atoms with Gasteiger partial charge in [-0.2, -0.15) is 0 Å². The minimum absolute atomic E-state index is 0.198. The number of hydrogen-bond donors (Lipinski definition) is 2. The van der Waals surface area contributed by atoms with Gasteiger partial charge in [-0.05, 0) is 60.5 Å². The molecule has 0 spiro atoms. The number of phenols is 1. The number of rotatable bonds is 5. The molecule has 1 aliphatic rings. The van der Waals surface area contributed by atoms with Crippen molar-refractivity contribution in [2.75, 3.05) is 6.54 Å². The fourth-order valence-corrected chi connectivity index (χ4v) is 4.83. The molecule has 0 saturated heterocycles. The molecule has 0 fully saturated rings. The van der Waals surface area contributed by atoms with Gasteiger partial charge in [-0.3, -0.25) is 4.79 Å². The summed E-state index contributed by atoms with van der Waals surface area (Å²) < 4.78 is 14.7. The second kappa shape index (κ2) is 9.53. The number of nitrogens with zero attached hydrogens (tertiary/aromatic N) is 1. The third-order valence-electron chi connectivity index (χ3n) is 5.58. The smallest absolute Gasteiger partial charge is 0.251 e. The second-order valence-corrected chi connectivity index (χ2v) is 8.98. The van der Waals surface area contributed by atoms with Gasteiger partial charge in [0.25, 0.3) is 5.91 Å². The van der Waals surface area contributed by atoms with E-state index in [1.54, 1.807) is 54.2 Å². The lowest BCUT2D eigenvalue weighted by Gasteiger charge is -2.09. The number of benzene rings is 4. The van der Waals surface area contributed by atoms with Gasteiger partial charge >= 0.3 is 0 Å². The van der Waals surface area contributed by atoms with Gasteiger partial charge in [0, 0.05) is 33.0 Å². The van der Waals surface area contributed by atoms with Crippen LogP contribution in [0.25, 0.3) is 0 Å². The predicted octanol–water partition coefficient (Wildman–Crippen LogP) is 6.14. The van der Waals surface area contributed by atoms with Crippen LogP contribution in [0.1, 0.15) is 27.0 Å². The number of amides is 1. The zero-order chi connectivity index (χ0) is 23.5. The third-order valence-corrected chi connectivity index (χ3v) is 6.72. The molecule has 5 rings (SSSR count). The monoisotopic (exact) mass is 468 g/mol. The van der Waals surface area contributed by atoms with Crippen LogP contribution in [0.15, 0.2) is 106 Å². The minimum atomic E-state index is -0.340. The number of fused-ring (bicyclic) bond motifs is 2. The van der Waals surface area contributed by atoms with Gasteiger partial charge in [-0.15, -0.1) is 0 Å². The molecule has 0 atom stereocenters. The molecule has 0 aliphatic carbocycles. The van der Waals surface area contributed by atoms with Crippen LogP contribution in [-0.4, -0.2) is 23.3 Å². The molecule has 4 aromatic rings. The first kappa shape index (κ1) is 21.9.